The number of unbranched alkanes of at least 4 members (excludes halogenated alkanes) is 1. The first kappa shape index (κ1) is 22.3. The van der Waals surface area contributed by atoms with E-state index in [0.717, 1.165) is 12.8 Å². The van der Waals surface area contributed by atoms with Gasteiger partial charge in [-0.15, -0.1) is 0 Å². The summed E-state index contributed by atoms with van der Waals surface area (Å²) in [7, 11) is 3.32. The maximum absolute atomic E-state index is 12.5. The van der Waals surface area contributed by atoms with Crippen molar-refractivity contribution in [2.24, 2.45) is 0 Å². The zero-order valence-electron chi connectivity index (χ0n) is 16.5. The van der Waals surface area contributed by atoms with Gasteiger partial charge in [0.15, 0.2) is 6.61 Å². The predicted octanol–water partition coefficient (Wildman–Crippen LogP) is 1.97. The third kappa shape index (κ3) is 8.44. The van der Waals surface area contributed by atoms with E-state index in [-0.39, 0.29) is 24.5 Å². The maximum Gasteiger partial charge on any atom is 0.315 e. The number of urea groups is 1. The standard InChI is InChI=1S/C19H30N4O4/c1-5-7-8-16(22-19(26)20-6-2)18(25)21-14-9-11-15(12-10-14)27-13-17(24)23(3)4/h9-12,16H,5-8,13H2,1-4H3,(H,21,25)(H2,20,22,26)/t16-/m1/s1. The Morgan fingerprint density at radius 2 is 1.78 bits per heavy atom. The number of anilines is 1. The molecule has 0 spiro atoms. The highest BCUT2D eigenvalue weighted by Gasteiger charge is 2.20. The van der Waals surface area contributed by atoms with Crippen LogP contribution in [0.4, 0.5) is 10.5 Å². The minimum atomic E-state index is -0.606. The molecular formula is C19H30N4O4. The van der Waals surface area contributed by atoms with E-state index in [2.05, 4.69) is 16.0 Å². The minimum Gasteiger partial charge on any atom is -0.484 e. The third-order valence-electron chi connectivity index (χ3n) is 3.79. The van der Waals surface area contributed by atoms with Crippen LogP contribution in [0, 0.1) is 0 Å². The molecule has 4 amide bonds. The van der Waals surface area contributed by atoms with Gasteiger partial charge in [0.1, 0.15) is 11.8 Å². The van der Waals surface area contributed by atoms with E-state index in [1.807, 2.05) is 13.8 Å². The van der Waals surface area contributed by atoms with Crippen LogP contribution in [0.5, 0.6) is 5.75 Å². The van der Waals surface area contributed by atoms with Crippen molar-refractivity contribution in [3.63, 3.8) is 0 Å². The van der Waals surface area contributed by atoms with Crippen molar-refractivity contribution in [3.8, 4) is 5.75 Å². The maximum atomic E-state index is 12.5. The Hall–Kier alpha value is -2.77. The average molecular weight is 378 g/mol. The first-order valence-corrected chi connectivity index (χ1v) is 9.15. The Labute approximate surface area is 160 Å². The number of carbonyl (C=O) groups is 3. The molecule has 8 nitrogen and oxygen atoms in total. The number of amides is 4. The molecule has 3 N–H and O–H groups in total. The molecule has 0 aliphatic rings. The van der Waals surface area contributed by atoms with Crippen LogP contribution < -0.4 is 20.7 Å². The number of hydrogen-bond acceptors (Lipinski definition) is 4. The molecule has 0 saturated carbocycles. The molecule has 0 fully saturated rings. The molecule has 150 valence electrons. The van der Waals surface area contributed by atoms with Crippen LogP contribution in [-0.4, -0.2) is 56.0 Å². The number of ether oxygens (including phenoxy) is 1. The van der Waals surface area contributed by atoms with Crippen molar-refractivity contribution in [1.82, 2.24) is 15.5 Å². The Balaban J connectivity index is 2.63. The molecule has 1 rings (SSSR count). The van der Waals surface area contributed by atoms with E-state index in [0.29, 0.717) is 24.4 Å². The first-order chi connectivity index (χ1) is 12.9. The Morgan fingerprint density at radius 3 is 2.33 bits per heavy atom. The summed E-state index contributed by atoms with van der Waals surface area (Å²) in [4.78, 5) is 37.2. The SMILES string of the molecule is CCCC[C@@H](NC(=O)NCC)C(=O)Nc1ccc(OCC(=O)N(C)C)cc1. The lowest BCUT2D eigenvalue weighted by Gasteiger charge is -2.18. The largest absolute Gasteiger partial charge is 0.484 e. The molecule has 8 heteroatoms. The summed E-state index contributed by atoms with van der Waals surface area (Å²) < 4.78 is 5.40. The van der Waals surface area contributed by atoms with Crippen LogP contribution in [0.25, 0.3) is 0 Å². The lowest BCUT2D eigenvalue weighted by molar-refractivity contribution is -0.130. The summed E-state index contributed by atoms with van der Waals surface area (Å²) in [5.74, 6) is 0.125. The van der Waals surface area contributed by atoms with Gasteiger partial charge in [0.05, 0.1) is 0 Å². The number of nitrogens with zero attached hydrogens (tertiary/aromatic N) is 1. The molecule has 27 heavy (non-hydrogen) atoms. The molecule has 0 saturated heterocycles. The van der Waals surface area contributed by atoms with Gasteiger partial charge in [-0.3, -0.25) is 9.59 Å². The van der Waals surface area contributed by atoms with Crippen LogP contribution in [-0.2, 0) is 9.59 Å². The fraction of sp³-hybridized carbons (Fsp3) is 0.526. The number of rotatable bonds is 10. The predicted molar refractivity (Wildman–Crippen MR) is 105 cm³/mol. The molecule has 1 atom stereocenters. The monoisotopic (exact) mass is 378 g/mol. The summed E-state index contributed by atoms with van der Waals surface area (Å²) in [6.07, 6.45) is 2.32. The van der Waals surface area contributed by atoms with Crippen LogP contribution >= 0.6 is 0 Å². The van der Waals surface area contributed by atoms with Gasteiger partial charge < -0.3 is 25.6 Å². The zero-order valence-corrected chi connectivity index (χ0v) is 16.5. The third-order valence-corrected chi connectivity index (χ3v) is 3.79. The van der Waals surface area contributed by atoms with E-state index in [4.69, 9.17) is 4.74 Å². The van der Waals surface area contributed by atoms with E-state index in [9.17, 15) is 14.4 Å². The number of likely N-dealkylation sites (N-methyl/N-ethyl adjacent to an activating group) is 1. The van der Waals surface area contributed by atoms with Crippen molar-refractivity contribution in [3.05, 3.63) is 24.3 Å². The van der Waals surface area contributed by atoms with Crippen molar-refractivity contribution in [2.75, 3.05) is 32.6 Å². The highest BCUT2D eigenvalue weighted by atomic mass is 16.5. The van der Waals surface area contributed by atoms with Gasteiger partial charge in [0.2, 0.25) is 5.91 Å². The minimum absolute atomic E-state index is 0.0474. The van der Waals surface area contributed by atoms with Crippen LogP contribution in [0.2, 0.25) is 0 Å². The Bertz CT molecular complexity index is 617. The second-order valence-electron chi connectivity index (χ2n) is 6.29. The molecule has 1 aromatic carbocycles. The lowest BCUT2D eigenvalue weighted by Crippen LogP contribution is -2.47. The van der Waals surface area contributed by atoms with Crippen molar-refractivity contribution >= 4 is 23.5 Å². The fourth-order valence-electron chi connectivity index (χ4n) is 2.18. The van der Waals surface area contributed by atoms with E-state index in [1.165, 1.54) is 4.90 Å². The zero-order chi connectivity index (χ0) is 20.2. The lowest BCUT2D eigenvalue weighted by atomic mass is 10.1. The average Bonchev–Trinajstić information content (AvgIpc) is 2.64. The summed E-state index contributed by atoms with van der Waals surface area (Å²) in [5.41, 5.74) is 0.588. The van der Waals surface area contributed by atoms with Gasteiger partial charge in [-0.1, -0.05) is 19.8 Å². The molecule has 0 unspecified atom stereocenters. The molecule has 0 bridgehead atoms. The molecule has 0 aliphatic carbocycles. The van der Waals surface area contributed by atoms with E-state index < -0.39 is 6.04 Å². The van der Waals surface area contributed by atoms with Crippen LogP contribution in [0.15, 0.2) is 24.3 Å². The normalized spacial score (nSPS) is 11.3. The van der Waals surface area contributed by atoms with Gasteiger partial charge in [0, 0.05) is 26.3 Å². The highest BCUT2D eigenvalue weighted by Crippen LogP contribution is 2.16. The molecular weight excluding hydrogens is 348 g/mol. The Morgan fingerprint density at radius 1 is 1.11 bits per heavy atom. The molecule has 0 heterocycles. The van der Waals surface area contributed by atoms with Crippen molar-refractivity contribution in [2.45, 2.75) is 39.2 Å². The van der Waals surface area contributed by atoms with E-state index in [1.54, 1.807) is 38.4 Å². The Kier molecular flexibility index (Phi) is 9.71. The molecule has 1 aromatic rings. The second kappa shape index (κ2) is 11.8. The molecule has 0 radical (unpaired) electrons. The quantitative estimate of drug-likeness (QED) is 0.579. The first-order valence-electron chi connectivity index (χ1n) is 9.15. The number of benzene rings is 1. The fourth-order valence-corrected chi connectivity index (χ4v) is 2.18. The summed E-state index contributed by atoms with van der Waals surface area (Å²) in [6.45, 7) is 4.29. The smallest absolute Gasteiger partial charge is 0.315 e. The topological polar surface area (TPSA) is 99.8 Å². The second-order valence-corrected chi connectivity index (χ2v) is 6.29. The van der Waals surface area contributed by atoms with Gasteiger partial charge in [-0.2, -0.15) is 0 Å². The van der Waals surface area contributed by atoms with Crippen molar-refractivity contribution < 1.29 is 19.1 Å². The van der Waals surface area contributed by atoms with Gasteiger partial charge >= 0.3 is 6.03 Å². The summed E-state index contributed by atoms with van der Waals surface area (Å²) >= 11 is 0. The van der Waals surface area contributed by atoms with Crippen molar-refractivity contribution in [1.29, 1.82) is 0 Å². The van der Waals surface area contributed by atoms with Crippen LogP contribution in [0.1, 0.15) is 33.1 Å². The number of carbonyl (C=O) groups excluding carboxylic acids is 3. The highest BCUT2D eigenvalue weighted by molar-refractivity contribution is 5.97. The number of nitrogens with one attached hydrogen (secondary N) is 3. The van der Waals surface area contributed by atoms with E-state index >= 15 is 0 Å². The summed E-state index contributed by atoms with van der Waals surface area (Å²) in [6, 6.07) is 5.77. The molecule has 0 aliphatic heterocycles. The van der Waals surface area contributed by atoms with Gasteiger partial charge in [-0.25, -0.2) is 4.79 Å². The summed E-state index contributed by atoms with van der Waals surface area (Å²) in [5, 5.41) is 8.13. The number of hydrogen-bond donors (Lipinski definition) is 3. The van der Waals surface area contributed by atoms with Crippen LogP contribution in [0.3, 0.4) is 0 Å². The van der Waals surface area contributed by atoms with Gasteiger partial charge in [-0.05, 0) is 37.6 Å². The van der Waals surface area contributed by atoms with Gasteiger partial charge in [0.25, 0.3) is 5.91 Å². The molecule has 0 aromatic heterocycles.